The fourth-order valence-corrected chi connectivity index (χ4v) is 2.47. The number of halogens is 1. The van der Waals surface area contributed by atoms with Crippen molar-refractivity contribution < 1.29 is 14.4 Å². The number of benzene rings is 1. The van der Waals surface area contributed by atoms with E-state index < -0.39 is 5.97 Å². The van der Waals surface area contributed by atoms with Crippen LogP contribution in [0.5, 0.6) is 0 Å². The molecule has 1 N–H and O–H groups in total. The molecule has 1 aromatic carbocycles. The Labute approximate surface area is 117 Å². The first kappa shape index (κ1) is 12.3. The molecule has 6 heteroatoms. The molecule has 0 amide bonds. The van der Waals surface area contributed by atoms with Crippen molar-refractivity contribution in [2.45, 2.75) is 18.8 Å². The van der Waals surface area contributed by atoms with Gasteiger partial charge in [0.1, 0.15) is 0 Å². The SMILES string of the molecule is O=C(O)C1CC1c1nc(Cc2ccccc2Br)no1. The average molecular weight is 323 g/mol. The Kier molecular flexibility index (Phi) is 3.10. The Bertz CT molecular complexity index is 626. The molecule has 1 aliphatic carbocycles. The van der Waals surface area contributed by atoms with Crippen LogP contribution in [0.25, 0.3) is 0 Å². The lowest BCUT2D eigenvalue weighted by Crippen LogP contribution is -1.99. The lowest BCUT2D eigenvalue weighted by atomic mass is 10.1. The van der Waals surface area contributed by atoms with Crippen LogP contribution in [0.15, 0.2) is 33.3 Å². The zero-order valence-electron chi connectivity index (χ0n) is 9.91. The van der Waals surface area contributed by atoms with Gasteiger partial charge in [-0.3, -0.25) is 4.79 Å². The Balaban J connectivity index is 1.73. The second kappa shape index (κ2) is 4.77. The molecule has 1 heterocycles. The first-order valence-corrected chi connectivity index (χ1v) is 6.73. The van der Waals surface area contributed by atoms with Crippen molar-refractivity contribution >= 4 is 21.9 Å². The minimum absolute atomic E-state index is 0.113. The van der Waals surface area contributed by atoms with E-state index in [0.29, 0.717) is 24.6 Å². The summed E-state index contributed by atoms with van der Waals surface area (Å²) in [6.45, 7) is 0. The number of rotatable bonds is 4. The third kappa shape index (κ3) is 2.53. The van der Waals surface area contributed by atoms with E-state index in [4.69, 9.17) is 9.63 Å². The van der Waals surface area contributed by atoms with E-state index in [1.807, 2.05) is 24.3 Å². The molecule has 0 aliphatic heterocycles. The molecule has 0 radical (unpaired) electrons. The summed E-state index contributed by atoms with van der Waals surface area (Å²) in [7, 11) is 0. The average Bonchev–Trinajstić information content (AvgIpc) is 3.06. The Morgan fingerprint density at radius 3 is 2.95 bits per heavy atom. The number of carbonyl (C=O) groups is 1. The van der Waals surface area contributed by atoms with Gasteiger partial charge < -0.3 is 9.63 Å². The molecular formula is C13H11BrN2O3. The number of nitrogens with zero attached hydrogens (tertiary/aromatic N) is 2. The van der Waals surface area contributed by atoms with Crippen LogP contribution < -0.4 is 0 Å². The van der Waals surface area contributed by atoms with Crippen LogP contribution >= 0.6 is 15.9 Å². The highest BCUT2D eigenvalue weighted by Gasteiger charge is 2.48. The Hall–Kier alpha value is -1.69. The van der Waals surface area contributed by atoms with Crippen LogP contribution in [-0.2, 0) is 11.2 Å². The van der Waals surface area contributed by atoms with Crippen molar-refractivity contribution in [3.8, 4) is 0 Å². The smallest absolute Gasteiger partial charge is 0.307 e. The lowest BCUT2D eigenvalue weighted by Gasteiger charge is -1.99. The summed E-state index contributed by atoms with van der Waals surface area (Å²) in [5.74, 6) is -0.252. The van der Waals surface area contributed by atoms with Crippen LogP contribution in [0.2, 0.25) is 0 Å². The quantitative estimate of drug-likeness (QED) is 0.936. The van der Waals surface area contributed by atoms with E-state index in [1.54, 1.807) is 0 Å². The molecule has 1 aliphatic rings. The zero-order valence-corrected chi connectivity index (χ0v) is 11.5. The first-order valence-electron chi connectivity index (χ1n) is 5.94. The maximum atomic E-state index is 10.8. The highest BCUT2D eigenvalue weighted by molar-refractivity contribution is 9.10. The normalized spacial score (nSPS) is 21.3. The van der Waals surface area contributed by atoms with E-state index in [1.165, 1.54) is 0 Å². The van der Waals surface area contributed by atoms with Gasteiger partial charge in [-0.1, -0.05) is 39.3 Å². The first-order chi connectivity index (χ1) is 9.15. The molecule has 3 rings (SSSR count). The summed E-state index contributed by atoms with van der Waals surface area (Å²) in [6.07, 6.45) is 1.15. The molecule has 0 saturated heterocycles. The fraction of sp³-hybridized carbons (Fsp3) is 0.308. The van der Waals surface area contributed by atoms with Crippen LogP contribution in [-0.4, -0.2) is 21.2 Å². The van der Waals surface area contributed by atoms with Gasteiger partial charge in [0, 0.05) is 10.9 Å². The molecule has 2 aromatic rings. The third-order valence-corrected chi connectivity index (χ3v) is 3.99. The molecule has 0 spiro atoms. The van der Waals surface area contributed by atoms with E-state index in [9.17, 15) is 4.79 Å². The number of hydrogen-bond acceptors (Lipinski definition) is 4. The fourth-order valence-electron chi connectivity index (χ4n) is 2.04. The van der Waals surface area contributed by atoms with E-state index in [2.05, 4.69) is 26.1 Å². The van der Waals surface area contributed by atoms with Gasteiger partial charge in [-0.2, -0.15) is 4.98 Å². The summed E-state index contributed by atoms with van der Waals surface area (Å²) < 4.78 is 6.14. The van der Waals surface area contributed by atoms with Gasteiger partial charge >= 0.3 is 5.97 Å². The molecule has 0 bridgehead atoms. The molecule has 1 aromatic heterocycles. The number of aromatic nitrogens is 2. The number of hydrogen-bond donors (Lipinski definition) is 1. The van der Waals surface area contributed by atoms with Crippen molar-refractivity contribution in [2.75, 3.05) is 0 Å². The van der Waals surface area contributed by atoms with E-state index >= 15 is 0 Å². The minimum Gasteiger partial charge on any atom is -0.481 e. The van der Waals surface area contributed by atoms with E-state index in [-0.39, 0.29) is 11.8 Å². The largest absolute Gasteiger partial charge is 0.481 e. The van der Waals surface area contributed by atoms with Gasteiger partial charge in [0.25, 0.3) is 0 Å². The number of carboxylic acids is 1. The van der Waals surface area contributed by atoms with Crippen molar-refractivity contribution in [2.24, 2.45) is 5.92 Å². The summed E-state index contributed by atoms with van der Waals surface area (Å²) in [5, 5.41) is 12.8. The Morgan fingerprint density at radius 1 is 1.47 bits per heavy atom. The van der Waals surface area contributed by atoms with E-state index in [0.717, 1.165) is 10.0 Å². The van der Waals surface area contributed by atoms with Crippen molar-refractivity contribution in [3.63, 3.8) is 0 Å². The minimum atomic E-state index is -0.796. The number of carboxylic acid groups (broad SMARTS) is 1. The van der Waals surface area contributed by atoms with Crippen molar-refractivity contribution in [1.82, 2.24) is 10.1 Å². The lowest BCUT2D eigenvalue weighted by molar-refractivity contribution is -0.138. The van der Waals surface area contributed by atoms with Crippen LogP contribution in [0.4, 0.5) is 0 Å². The van der Waals surface area contributed by atoms with Gasteiger partial charge in [0.15, 0.2) is 5.82 Å². The summed E-state index contributed by atoms with van der Waals surface area (Å²) in [4.78, 5) is 15.1. The number of aliphatic carboxylic acids is 1. The molecule has 2 atom stereocenters. The van der Waals surface area contributed by atoms with Gasteiger partial charge in [0.05, 0.1) is 11.8 Å². The van der Waals surface area contributed by atoms with Crippen LogP contribution in [0, 0.1) is 5.92 Å². The summed E-state index contributed by atoms with van der Waals surface area (Å²) >= 11 is 3.47. The standard InChI is InChI=1S/C13H11BrN2O3/c14-10-4-2-1-3-7(10)5-11-15-12(19-16-11)8-6-9(8)13(17)18/h1-4,8-9H,5-6H2,(H,17,18). The maximum absolute atomic E-state index is 10.8. The Morgan fingerprint density at radius 2 is 2.26 bits per heavy atom. The second-order valence-corrected chi connectivity index (χ2v) is 5.46. The summed E-state index contributed by atoms with van der Waals surface area (Å²) in [5.41, 5.74) is 1.07. The van der Waals surface area contributed by atoms with Crippen LogP contribution in [0.1, 0.15) is 29.6 Å². The highest BCUT2D eigenvalue weighted by Crippen LogP contribution is 2.46. The molecule has 1 saturated carbocycles. The van der Waals surface area contributed by atoms with Crippen LogP contribution in [0.3, 0.4) is 0 Å². The summed E-state index contributed by atoms with van der Waals surface area (Å²) in [6, 6.07) is 7.83. The predicted octanol–water partition coefficient (Wildman–Crippen LogP) is 2.61. The zero-order chi connectivity index (χ0) is 13.4. The molecular weight excluding hydrogens is 312 g/mol. The highest BCUT2D eigenvalue weighted by atomic mass is 79.9. The van der Waals surface area contributed by atoms with Gasteiger partial charge in [0.2, 0.25) is 5.89 Å². The van der Waals surface area contributed by atoms with Gasteiger partial charge in [-0.05, 0) is 18.1 Å². The van der Waals surface area contributed by atoms with Gasteiger partial charge in [-0.25, -0.2) is 0 Å². The second-order valence-electron chi connectivity index (χ2n) is 4.60. The van der Waals surface area contributed by atoms with Crippen molar-refractivity contribution in [3.05, 3.63) is 46.0 Å². The molecule has 19 heavy (non-hydrogen) atoms. The molecule has 5 nitrogen and oxygen atoms in total. The van der Waals surface area contributed by atoms with Crippen molar-refractivity contribution in [1.29, 1.82) is 0 Å². The topological polar surface area (TPSA) is 76.2 Å². The molecule has 98 valence electrons. The predicted molar refractivity (Wildman–Crippen MR) is 69.7 cm³/mol. The third-order valence-electron chi connectivity index (χ3n) is 3.22. The van der Waals surface area contributed by atoms with Gasteiger partial charge in [-0.15, -0.1) is 0 Å². The maximum Gasteiger partial charge on any atom is 0.307 e. The monoisotopic (exact) mass is 322 g/mol. The molecule has 1 fully saturated rings. The molecule has 2 unspecified atom stereocenters.